The van der Waals surface area contributed by atoms with Crippen LogP contribution in [0.4, 0.5) is 8.78 Å². The van der Waals surface area contributed by atoms with E-state index in [1.54, 1.807) is 6.07 Å². The van der Waals surface area contributed by atoms with E-state index in [1.807, 2.05) is 0 Å². The van der Waals surface area contributed by atoms with E-state index < -0.39 is 11.6 Å². The van der Waals surface area contributed by atoms with Crippen LogP contribution in [0.5, 0.6) is 0 Å². The number of halogens is 2. The normalized spacial score (nSPS) is 31.6. The lowest BCUT2D eigenvalue weighted by atomic mass is 9.49. The van der Waals surface area contributed by atoms with Crippen molar-refractivity contribution < 1.29 is 8.78 Å². The molecule has 31 heavy (non-hydrogen) atoms. The van der Waals surface area contributed by atoms with Crippen LogP contribution in [0.15, 0.2) is 29.1 Å². The Morgan fingerprint density at radius 1 is 1.00 bits per heavy atom. The average molecular weight is 421 g/mol. The molecule has 2 heterocycles. The first kappa shape index (κ1) is 18.1. The summed E-state index contributed by atoms with van der Waals surface area (Å²) in [6, 6.07) is 5.39. The molecule has 4 bridgehead atoms. The third kappa shape index (κ3) is 2.63. The van der Waals surface area contributed by atoms with E-state index in [0.717, 1.165) is 67.3 Å². The molecule has 0 spiro atoms. The van der Waals surface area contributed by atoms with E-state index in [-0.39, 0.29) is 16.9 Å². The average Bonchev–Trinajstić information content (AvgIpc) is 3.48. The van der Waals surface area contributed by atoms with Gasteiger partial charge in [0.25, 0.3) is 5.56 Å². The molecule has 1 N–H and O–H groups in total. The van der Waals surface area contributed by atoms with Crippen molar-refractivity contribution in [3.05, 3.63) is 57.6 Å². The monoisotopic (exact) mass is 421 g/mol. The molecule has 3 aromatic rings. The zero-order chi connectivity index (χ0) is 20.9. The quantitative estimate of drug-likeness (QED) is 0.623. The fourth-order valence-electron chi connectivity index (χ4n) is 7.38. The maximum atomic E-state index is 14.9. The molecule has 0 unspecified atom stereocenters. The summed E-state index contributed by atoms with van der Waals surface area (Å²) < 4.78 is 29.9. The van der Waals surface area contributed by atoms with Crippen LogP contribution in [0.25, 0.3) is 16.8 Å². The third-order valence-corrected chi connectivity index (χ3v) is 8.41. The molecule has 0 amide bonds. The number of hydrogen-bond acceptors (Lipinski definition) is 2. The van der Waals surface area contributed by atoms with Gasteiger partial charge in [-0.3, -0.25) is 9.89 Å². The number of benzene rings is 1. The number of aromatic amines is 1. The van der Waals surface area contributed by atoms with Gasteiger partial charge in [-0.25, -0.2) is 18.3 Å². The molecule has 5 fully saturated rings. The van der Waals surface area contributed by atoms with E-state index >= 15 is 0 Å². The topological polar surface area (TPSA) is 50.2 Å². The van der Waals surface area contributed by atoms with E-state index in [4.69, 9.17) is 4.98 Å². The van der Waals surface area contributed by atoms with Gasteiger partial charge < -0.3 is 0 Å². The van der Waals surface area contributed by atoms with Gasteiger partial charge in [0.2, 0.25) is 0 Å². The minimum atomic E-state index is -0.613. The third-order valence-electron chi connectivity index (χ3n) is 8.41. The highest BCUT2D eigenvalue weighted by molar-refractivity contribution is 5.81. The molecule has 5 aliphatic carbocycles. The van der Waals surface area contributed by atoms with Crippen molar-refractivity contribution in [2.45, 2.75) is 62.7 Å². The fourth-order valence-corrected chi connectivity index (χ4v) is 7.38. The molecular weight excluding hydrogens is 396 g/mol. The van der Waals surface area contributed by atoms with Crippen LogP contribution in [0.1, 0.15) is 68.7 Å². The van der Waals surface area contributed by atoms with Gasteiger partial charge in [0.15, 0.2) is 5.65 Å². The number of nitrogens with zero attached hydrogens (tertiary/aromatic N) is 2. The lowest BCUT2D eigenvalue weighted by Crippen LogP contribution is -2.49. The van der Waals surface area contributed by atoms with Crippen molar-refractivity contribution in [3.63, 3.8) is 0 Å². The summed E-state index contributed by atoms with van der Waals surface area (Å²) in [6.07, 6.45) is 9.30. The van der Waals surface area contributed by atoms with Crippen LogP contribution in [-0.2, 0) is 5.41 Å². The van der Waals surface area contributed by atoms with E-state index in [1.165, 1.54) is 35.9 Å². The highest BCUT2D eigenvalue weighted by atomic mass is 19.1. The van der Waals surface area contributed by atoms with Crippen molar-refractivity contribution in [3.8, 4) is 11.1 Å². The zero-order valence-corrected chi connectivity index (χ0v) is 17.3. The van der Waals surface area contributed by atoms with Crippen LogP contribution < -0.4 is 5.56 Å². The summed E-state index contributed by atoms with van der Waals surface area (Å²) in [5, 5.41) is 3.22. The van der Waals surface area contributed by atoms with Crippen molar-refractivity contribution >= 4 is 5.65 Å². The van der Waals surface area contributed by atoms with Gasteiger partial charge in [-0.2, -0.15) is 0 Å². The van der Waals surface area contributed by atoms with Crippen molar-refractivity contribution in [1.82, 2.24) is 14.6 Å². The van der Waals surface area contributed by atoms with Crippen LogP contribution >= 0.6 is 0 Å². The van der Waals surface area contributed by atoms with E-state index in [9.17, 15) is 13.6 Å². The number of rotatable bonds is 3. The predicted octanol–water partition coefficient (Wildman–Crippen LogP) is 5.31. The smallest absolute Gasteiger partial charge is 0.272 e. The molecule has 6 heteroatoms. The molecule has 8 rings (SSSR count). The lowest BCUT2D eigenvalue weighted by Gasteiger charge is -2.56. The molecule has 0 aliphatic heterocycles. The Balaban J connectivity index is 1.46. The Labute approximate surface area is 178 Å². The number of fused-ring (bicyclic) bond motifs is 1. The second-order valence-corrected chi connectivity index (χ2v) is 10.6. The number of nitrogens with one attached hydrogen (secondary N) is 1. The Morgan fingerprint density at radius 3 is 2.29 bits per heavy atom. The summed E-state index contributed by atoms with van der Waals surface area (Å²) in [7, 11) is 0. The Morgan fingerprint density at radius 2 is 1.68 bits per heavy atom. The second kappa shape index (κ2) is 6.05. The van der Waals surface area contributed by atoms with Gasteiger partial charge >= 0.3 is 0 Å². The summed E-state index contributed by atoms with van der Waals surface area (Å²) in [5.74, 6) is 1.28. The molecule has 0 saturated heterocycles. The number of aromatic nitrogens is 3. The first-order valence-electron chi connectivity index (χ1n) is 11.6. The molecule has 1 aromatic carbocycles. The Hall–Kier alpha value is -2.50. The minimum Gasteiger partial charge on any atom is -0.293 e. The number of H-pyrrole nitrogens is 1. The molecular formula is C25H25F2N3O. The summed E-state index contributed by atoms with van der Waals surface area (Å²) in [4.78, 5) is 18.3. The molecule has 5 aliphatic rings. The Kier molecular flexibility index (Phi) is 3.53. The van der Waals surface area contributed by atoms with Crippen LogP contribution in [0.3, 0.4) is 0 Å². The standard InChI is InChI=1S/C25H25F2N3O/c26-17-3-4-18(19(27)8-17)22-23(16-1-2-16)29-30-21(31)9-20(28-24(22)30)25-10-13-5-14(11-25)7-15(6-13)12-25/h3-4,8-9,13-16,29H,1-2,5-7,10-12H2. The highest BCUT2D eigenvalue weighted by Crippen LogP contribution is 2.60. The van der Waals surface area contributed by atoms with Gasteiger partial charge in [0.05, 0.1) is 11.3 Å². The maximum absolute atomic E-state index is 14.9. The molecule has 4 nitrogen and oxygen atoms in total. The lowest BCUT2D eigenvalue weighted by molar-refractivity contribution is -0.00719. The fraction of sp³-hybridized carbons (Fsp3) is 0.520. The Bertz CT molecular complexity index is 1250. The first-order valence-corrected chi connectivity index (χ1v) is 11.6. The number of hydrogen-bond donors (Lipinski definition) is 1. The van der Waals surface area contributed by atoms with Gasteiger partial charge in [-0.15, -0.1) is 0 Å². The van der Waals surface area contributed by atoms with Gasteiger partial charge in [0, 0.05) is 34.7 Å². The predicted molar refractivity (Wildman–Crippen MR) is 113 cm³/mol. The van der Waals surface area contributed by atoms with Crippen molar-refractivity contribution in [2.24, 2.45) is 17.8 Å². The highest BCUT2D eigenvalue weighted by Gasteiger charge is 2.52. The molecule has 5 saturated carbocycles. The first-order chi connectivity index (χ1) is 15.0. The van der Waals surface area contributed by atoms with Gasteiger partial charge in [-0.05, 0) is 81.3 Å². The molecule has 2 aromatic heterocycles. The molecule has 160 valence electrons. The SMILES string of the molecule is O=c1cc(C23CC4CC(CC(C4)C2)C3)nc2c(-c3ccc(F)cc3F)c(C3CC3)[nH]n12. The zero-order valence-electron chi connectivity index (χ0n) is 17.3. The van der Waals surface area contributed by atoms with Crippen LogP contribution in [0.2, 0.25) is 0 Å². The minimum absolute atomic E-state index is 0.0156. The summed E-state index contributed by atoms with van der Waals surface area (Å²) in [5.41, 5.74) is 3.02. The van der Waals surface area contributed by atoms with E-state index in [2.05, 4.69) is 5.10 Å². The molecule has 0 atom stereocenters. The van der Waals surface area contributed by atoms with Crippen LogP contribution in [-0.4, -0.2) is 14.6 Å². The molecule has 0 radical (unpaired) electrons. The van der Waals surface area contributed by atoms with Crippen LogP contribution in [0, 0.1) is 29.4 Å². The van der Waals surface area contributed by atoms with Crippen molar-refractivity contribution in [1.29, 1.82) is 0 Å². The second-order valence-electron chi connectivity index (χ2n) is 10.6. The van der Waals surface area contributed by atoms with Gasteiger partial charge in [0.1, 0.15) is 11.6 Å². The van der Waals surface area contributed by atoms with Gasteiger partial charge in [-0.1, -0.05) is 0 Å². The largest absolute Gasteiger partial charge is 0.293 e. The van der Waals surface area contributed by atoms with Crippen molar-refractivity contribution in [2.75, 3.05) is 0 Å². The summed E-state index contributed by atoms with van der Waals surface area (Å²) >= 11 is 0. The maximum Gasteiger partial charge on any atom is 0.272 e. The summed E-state index contributed by atoms with van der Waals surface area (Å²) in [6.45, 7) is 0. The van der Waals surface area contributed by atoms with E-state index in [0.29, 0.717) is 16.8 Å².